The molecule has 19 heavy (non-hydrogen) atoms. The monoisotopic (exact) mass is 279 g/mol. The van der Waals surface area contributed by atoms with Crippen molar-refractivity contribution < 1.29 is 18.6 Å². The molecule has 5 nitrogen and oxygen atoms in total. The second kappa shape index (κ2) is 4.81. The van der Waals surface area contributed by atoms with Gasteiger partial charge in [-0.15, -0.1) is 0 Å². The van der Waals surface area contributed by atoms with Gasteiger partial charge in [-0.1, -0.05) is 17.7 Å². The highest BCUT2D eigenvalue weighted by molar-refractivity contribution is 7.92. The molecule has 6 heteroatoms. The number of phenols is 2. The largest absolute Gasteiger partial charge is 0.508 e. The molecule has 0 aliphatic carbocycles. The number of aryl methyl sites for hydroxylation is 1. The Hall–Kier alpha value is -2.21. The van der Waals surface area contributed by atoms with E-state index in [0.717, 1.165) is 11.6 Å². The van der Waals surface area contributed by atoms with Crippen LogP contribution in [0, 0.1) is 6.92 Å². The molecule has 0 saturated heterocycles. The SMILES string of the molecule is Cc1ccc(S(=O)(=O)Nc2cc(O)cc(O)c2)cc1. The third-order valence-corrected chi connectivity index (χ3v) is 3.88. The lowest BCUT2D eigenvalue weighted by Gasteiger charge is -2.09. The predicted octanol–water partition coefficient (Wildman–Crippen LogP) is 2.21. The smallest absolute Gasteiger partial charge is 0.261 e. The molecule has 2 rings (SSSR count). The first-order valence-electron chi connectivity index (χ1n) is 5.49. The Bertz CT molecular complexity index is 673. The summed E-state index contributed by atoms with van der Waals surface area (Å²) in [5.41, 5.74) is 1.05. The number of anilines is 1. The maximum atomic E-state index is 12.1. The molecule has 0 atom stereocenters. The lowest BCUT2D eigenvalue weighted by atomic mass is 10.2. The Balaban J connectivity index is 2.33. The molecule has 0 radical (unpaired) electrons. The highest BCUT2D eigenvalue weighted by Gasteiger charge is 2.14. The average molecular weight is 279 g/mol. The van der Waals surface area contributed by atoms with Gasteiger partial charge < -0.3 is 10.2 Å². The maximum absolute atomic E-state index is 12.1. The van der Waals surface area contributed by atoms with Crippen molar-refractivity contribution in [1.82, 2.24) is 0 Å². The van der Waals surface area contributed by atoms with E-state index in [2.05, 4.69) is 4.72 Å². The summed E-state index contributed by atoms with van der Waals surface area (Å²) >= 11 is 0. The molecule has 2 aromatic carbocycles. The van der Waals surface area contributed by atoms with Gasteiger partial charge in [0.2, 0.25) is 0 Å². The van der Waals surface area contributed by atoms with Crippen molar-refractivity contribution in [2.24, 2.45) is 0 Å². The van der Waals surface area contributed by atoms with Gasteiger partial charge in [0.1, 0.15) is 11.5 Å². The fourth-order valence-electron chi connectivity index (χ4n) is 1.59. The molecule has 0 unspecified atom stereocenters. The van der Waals surface area contributed by atoms with Crippen LogP contribution in [0.25, 0.3) is 0 Å². The van der Waals surface area contributed by atoms with Gasteiger partial charge in [0.15, 0.2) is 0 Å². The molecule has 3 N–H and O–H groups in total. The zero-order chi connectivity index (χ0) is 14.0. The molecule has 0 aliphatic rings. The number of hydrogen-bond acceptors (Lipinski definition) is 4. The minimum atomic E-state index is -3.74. The number of phenolic OH excluding ortho intramolecular Hbond substituents is 2. The predicted molar refractivity (Wildman–Crippen MR) is 71.8 cm³/mol. The molecule has 0 saturated carbocycles. The zero-order valence-electron chi connectivity index (χ0n) is 10.2. The molecule has 2 aromatic rings. The Morgan fingerprint density at radius 3 is 2.00 bits per heavy atom. The Labute approximate surface area is 111 Å². The lowest BCUT2D eigenvalue weighted by molar-refractivity contribution is 0.451. The van der Waals surface area contributed by atoms with Crippen LogP contribution in [0.4, 0.5) is 5.69 Å². The number of benzene rings is 2. The summed E-state index contributed by atoms with van der Waals surface area (Å²) in [6, 6.07) is 9.89. The van der Waals surface area contributed by atoms with E-state index in [0.29, 0.717) is 0 Å². The Morgan fingerprint density at radius 1 is 0.947 bits per heavy atom. The standard InChI is InChI=1S/C13H13NO4S/c1-9-2-4-13(5-3-9)19(17,18)14-10-6-11(15)8-12(16)7-10/h2-8,14-16H,1H3. The molecular weight excluding hydrogens is 266 g/mol. The van der Waals surface area contributed by atoms with Crippen molar-refractivity contribution in [2.75, 3.05) is 4.72 Å². The van der Waals surface area contributed by atoms with Gasteiger partial charge in [-0.25, -0.2) is 8.42 Å². The average Bonchev–Trinajstić information content (AvgIpc) is 2.27. The Kier molecular flexibility index (Phi) is 3.35. The van der Waals surface area contributed by atoms with Crippen molar-refractivity contribution >= 4 is 15.7 Å². The Morgan fingerprint density at radius 2 is 1.47 bits per heavy atom. The molecule has 100 valence electrons. The van der Waals surface area contributed by atoms with Crippen LogP contribution in [0.15, 0.2) is 47.4 Å². The van der Waals surface area contributed by atoms with E-state index in [-0.39, 0.29) is 22.1 Å². The summed E-state index contributed by atoms with van der Waals surface area (Å²) in [5.74, 6) is -0.441. The number of aromatic hydroxyl groups is 2. The van der Waals surface area contributed by atoms with Crippen molar-refractivity contribution in [3.05, 3.63) is 48.0 Å². The summed E-state index contributed by atoms with van der Waals surface area (Å²) < 4.78 is 26.4. The fourth-order valence-corrected chi connectivity index (χ4v) is 2.63. The molecule has 0 amide bonds. The summed E-state index contributed by atoms with van der Waals surface area (Å²) in [6.45, 7) is 1.86. The van der Waals surface area contributed by atoms with Crippen LogP contribution in [-0.4, -0.2) is 18.6 Å². The zero-order valence-corrected chi connectivity index (χ0v) is 11.0. The summed E-state index contributed by atoms with van der Waals surface area (Å²) in [7, 11) is -3.74. The second-order valence-electron chi connectivity index (χ2n) is 4.16. The van der Waals surface area contributed by atoms with Crippen LogP contribution >= 0.6 is 0 Å². The summed E-state index contributed by atoms with van der Waals surface area (Å²) in [4.78, 5) is 0.112. The van der Waals surface area contributed by atoms with Crippen LogP contribution in [0.3, 0.4) is 0 Å². The minimum Gasteiger partial charge on any atom is -0.508 e. The van der Waals surface area contributed by atoms with E-state index in [4.69, 9.17) is 0 Å². The molecule has 0 fully saturated rings. The van der Waals surface area contributed by atoms with Crippen LogP contribution < -0.4 is 4.72 Å². The molecule has 0 heterocycles. The van der Waals surface area contributed by atoms with E-state index in [9.17, 15) is 18.6 Å². The molecule has 0 aromatic heterocycles. The van der Waals surface area contributed by atoms with E-state index in [1.54, 1.807) is 12.1 Å². The maximum Gasteiger partial charge on any atom is 0.261 e. The van der Waals surface area contributed by atoms with Gasteiger partial charge in [-0.2, -0.15) is 0 Å². The van der Waals surface area contributed by atoms with Crippen LogP contribution in [0.1, 0.15) is 5.56 Å². The van der Waals surface area contributed by atoms with Gasteiger partial charge in [-0.3, -0.25) is 4.72 Å². The number of sulfonamides is 1. The minimum absolute atomic E-state index is 0.0954. The van der Waals surface area contributed by atoms with Gasteiger partial charge in [-0.05, 0) is 19.1 Å². The van der Waals surface area contributed by atoms with Gasteiger partial charge in [0, 0.05) is 18.2 Å². The van der Waals surface area contributed by atoms with Crippen molar-refractivity contribution in [3.8, 4) is 11.5 Å². The first-order valence-corrected chi connectivity index (χ1v) is 6.98. The van der Waals surface area contributed by atoms with Crippen LogP contribution in [-0.2, 0) is 10.0 Å². The van der Waals surface area contributed by atoms with E-state index >= 15 is 0 Å². The van der Waals surface area contributed by atoms with Crippen molar-refractivity contribution in [1.29, 1.82) is 0 Å². The van der Waals surface area contributed by atoms with E-state index < -0.39 is 10.0 Å². The van der Waals surface area contributed by atoms with Crippen LogP contribution in [0.5, 0.6) is 11.5 Å². The first-order chi connectivity index (χ1) is 8.87. The third kappa shape index (κ3) is 3.17. The van der Waals surface area contributed by atoms with Gasteiger partial charge in [0.05, 0.1) is 10.6 Å². The van der Waals surface area contributed by atoms with E-state index in [1.807, 2.05) is 6.92 Å². The van der Waals surface area contributed by atoms with Gasteiger partial charge in [0.25, 0.3) is 10.0 Å². The number of nitrogens with one attached hydrogen (secondary N) is 1. The number of rotatable bonds is 3. The highest BCUT2D eigenvalue weighted by Crippen LogP contribution is 2.26. The molecule has 0 bridgehead atoms. The highest BCUT2D eigenvalue weighted by atomic mass is 32.2. The fraction of sp³-hybridized carbons (Fsp3) is 0.0769. The third-order valence-electron chi connectivity index (χ3n) is 2.49. The molecule has 0 spiro atoms. The van der Waals surface area contributed by atoms with E-state index in [1.165, 1.54) is 24.3 Å². The normalized spacial score (nSPS) is 11.2. The molecule has 0 aliphatic heterocycles. The summed E-state index contributed by atoms with van der Waals surface area (Å²) in [5, 5.41) is 18.6. The van der Waals surface area contributed by atoms with Crippen molar-refractivity contribution in [3.63, 3.8) is 0 Å². The second-order valence-corrected chi connectivity index (χ2v) is 5.84. The number of hydrogen-bond donors (Lipinski definition) is 3. The quantitative estimate of drug-likeness (QED) is 0.804. The summed E-state index contributed by atoms with van der Waals surface area (Å²) in [6.07, 6.45) is 0. The lowest BCUT2D eigenvalue weighted by Crippen LogP contribution is -2.12. The first kappa shape index (κ1) is 13.2. The molecular formula is C13H13NO4S. The van der Waals surface area contributed by atoms with Crippen molar-refractivity contribution in [2.45, 2.75) is 11.8 Å². The van der Waals surface area contributed by atoms with Crippen LogP contribution in [0.2, 0.25) is 0 Å². The van der Waals surface area contributed by atoms with Gasteiger partial charge >= 0.3 is 0 Å². The topological polar surface area (TPSA) is 86.6 Å².